The van der Waals surface area contributed by atoms with Crippen LogP contribution in [0.1, 0.15) is 48.2 Å². The number of hydrogen-bond donors (Lipinski definition) is 1. The van der Waals surface area contributed by atoms with Gasteiger partial charge in [-0.25, -0.2) is 0 Å². The minimum atomic E-state index is 0.246. The fraction of sp³-hybridized carbons (Fsp3) is 0.375. The number of aryl methyl sites for hydroxylation is 1. The molecule has 0 saturated heterocycles. The van der Waals surface area contributed by atoms with Gasteiger partial charge in [-0.2, -0.15) is 0 Å². The van der Waals surface area contributed by atoms with Gasteiger partial charge in [-0.15, -0.1) is 11.3 Å². The third kappa shape index (κ3) is 3.59. The molecule has 1 unspecified atom stereocenters. The number of hydrogen-bond acceptors (Lipinski definition) is 2. The molecule has 102 valence electrons. The Balaban J connectivity index is 2.06. The van der Waals surface area contributed by atoms with E-state index in [2.05, 4.69) is 44.3 Å². The van der Waals surface area contributed by atoms with E-state index in [1.165, 1.54) is 9.75 Å². The Kier molecular flexibility index (Phi) is 5.03. The highest BCUT2D eigenvalue weighted by Gasteiger charge is 2.14. The van der Waals surface area contributed by atoms with Crippen molar-refractivity contribution in [2.24, 2.45) is 0 Å². The van der Waals surface area contributed by atoms with E-state index in [1.807, 2.05) is 29.5 Å². The highest BCUT2D eigenvalue weighted by atomic mass is 35.5. The second-order valence-electron chi connectivity index (χ2n) is 4.79. The molecule has 0 spiro atoms. The highest BCUT2D eigenvalue weighted by molar-refractivity contribution is 7.12. The van der Waals surface area contributed by atoms with Crippen LogP contribution in [0.5, 0.6) is 0 Å². The topological polar surface area (TPSA) is 12.0 Å². The van der Waals surface area contributed by atoms with Crippen molar-refractivity contribution in [3.63, 3.8) is 0 Å². The Morgan fingerprint density at radius 2 is 1.84 bits per heavy atom. The molecule has 2 atom stereocenters. The van der Waals surface area contributed by atoms with Gasteiger partial charge < -0.3 is 5.32 Å². The Morgan fingerprint density at radius 1 is 1.11 bits per heavy atom. The van der Waals surface area contributed by atoms with Crippen LogP contribution in [0.4, 0.5) is 0 Å². The summed E-state index contributed by atoms with van der Waals surface area (Å²) < 4.78 is 0. The van der Waals surface area contributed by atoms with Crippen molar-refractivity contribution in [1.82, 2.24) is 5.32 Å². The first kappa shape index (κ1) is 14.6. The third-order valence-corrected chi connectivity index (χ3v) is 5.09. The molecule has 0 aliphatic carbocycles. The predicted molar refractivity (Wildman–Crippen MR) is 85.1 cm³/mol. The van der Waals surface area contributed by atoms with Gasteiger partial charge in [-0.3, -0.25) is 0 Å². The van der Waals surface area contributed by atoms with Crippen molar-refractivity contribution in [3.05, 3.63) is 56.7 Å². The first-order valence-electron chi connectivity index (χ1n) is 6.71. The van der Waals surface area contributed by atoms with Crippen molar-refractivity contribution in [2.45, 2.75) is 39.3 Å². The van der Waals surface area contributed by atoms with E-state index in [-0.39, 0.29) is 6.04 Å². The maximum absolute atomic E-state index is 6.24. The van der Waals surface area contributed by atoms with Crippen molar-refractivity contribution in [2.75, 3.05) is 0 Å². The average Bonchev–Trinajstić information content (AvgIpc) is 2.88. The summed E-state index contributed by atoms with van der Waals surface area (Å²) in [6, 6.07) is 13.1. The Morgan fingerprint density at radius 3 is 2.47 bits per heavy atom. The maximum Gasteiger partial charge on any atom is 0.0453 e. The van der Waals surface area contributed by atoms with E-state index >= 15 is 0 Å². The summed E-state index contributed by atoms with van der Waals surface area (Å²) in [5.41, 5.74) is 1.16. The van der Waals surface area contributed by atoms with Gasteiger partial charge in [-0.05, 0) is 44.0 Å². The van der Waals surface area contributed by atoms with Crippen molar-refractivity contribution in [3.8, 4) is 0 Å². The first-order valence-corrected chi connectivity index (χ1v) is 7.90. The summed E-state index contributed by atoms with van der Waals surface area (Å²) in [4.78, 5) is 2.82. The molecule has 0 aliphatic rings. The van der Waals surface area contributed by atoms with Crippen LogP contribution in [-0.4, -0.2) is 0 Å². The standard InChI is InChI=1S/C16H20ClNS/c1-4-13-9-10-16(19-13)12(3)18-11(2)14-7-5-6-8-15(14)17/h5-12,18H,4H2,1-3H3/t11-,12?/m0/s1. The van der Waals surface area contributed by atoms with Gasteiger partial charge in [0.15, 0.2) is 0 Å². The van der Waals surface area contributed by atoms with Gasteiger partial charge in [0, 0.05) is 26.9 Å². The lowest BCUT2D eigenvalue weighted by Crippen LogP contribution is -2.22. The summed E-state index contributed by atoms with van der Waals surface area (Å²) in [5.74, 6) is 0. The number of halogens is 1. The Hall–Kier alpha value is -0.830. The minimum absolute atomic E-state index is 0.246. The summed E-state index contributed by atoms with van der Waals surface area (Å²) in [7, 11) is 0. The lowest BCUT2D eigenvalue weighted by molar-refractivity contribution is 0.500. The van der Waals surface area contributed by atoms with E-state index in [4.69, 9.17) is 11.6 Å². The quantitative estimate of drug-likeness (QED) is 0.781. The number of benzene rings is 1. The number of rotatable bonds is 5. The molecule has 1 aromatic heterocycles. The molecule has 1 N–H and O–H groups in total. The zero-order chi connectivity index (χ0) is 13.8. The molecule has 0 aliphatic heterocycles. The van der Waals surface area contributed by atoms with E-state index in [0.717, 1.165) is 17.0 Å². The SMILES string of the molecule is CCc1ccc(C(C)N[C@@H](C)c2ccccc2Cl)s1. The largest absolute Gasteiger partial charge is 0.303 e. The number of nitrogens with one attached hydrogen (secondary N) is 1. The fourth-order valence-electron chi connectivity index (χ4n) is 2.19. The molecule has 2 aromatic rings. The van der Waals surface area contributed by atoms with Gasteiger partial charge in [0.1, 0.15) is 0 Å². The molecule has 2 rings (SSSR count). The molecule has 0 radical (unpaired) electrons. The second-order valence-corrected chi connectivity index (χ2v) is 6.40. The van der Waals surface area contributed by atoms with Crippen LogP contribution in [0.15, 0.2) is 36.4 Å². The summed E-state index contributed by atoms with van der Waals surface area (Å²) >= 11 is 8.12. The van der Waals surface area contributed by atoms with Gasteiger partial charge in [0.05, 0.1) is 0 Å². The summed E-state index contributed by atoms with van der Waals surface area (Å²) in [5, 5.41) is 4.45. The highest BCUT2D eigenvalue weighted by Crippen LogP contribution is 2.28. The van der Waals surface area contributed by atoms with E-state index in [0.29, 0.717) is 6.04 Å². The van der Waals surface area contributed by atoms with Crippen LogP contribution in [-0.2, 0) is 6.42 Å². The molecule has 1 nitrogen and oxygen atoms in total. The van der Waals surface area contributed by atoms with Crippen molar-refractivity contribution >= 4 is 22.9 Å². The third-order valence-electron chi connectivity index (χ3n) is 3.33. The van der Waals surface area contributed by atoms with Gasteiger partial charge in [0.25, 0.3) is 0 Å². The lowest BCUT2D eigenvalue weighted by Gasteiger charge is -2.20. The zero-order valence-corrected chi connectivity index (χ0v) is 13.2. The lowest BCUT2D eigenvalue weighted by atomic mass is 10.1. The van der Waals surface area contributed by atoms with Gasteiger partial charge >= 0.3 is 0 Å². The molecule has 1 aromatic carbocycles. The Bertz CT molecular complexity index is 535. The summed E-state index contributed by atoms with van der Waals surface area (Å²) in [6.45, 7) is 6.56. The van der Waals surface area contributed by atoms with Crippen LogP contribution in [0.25, 0.3) is 0 Å². The predicted octanol–water partition coefficient (Wildman–Crippen LogP) is 5.38. The monoisotopic (exact) mass is 293 g/mol. The van der Waals surface area contributed by atoms with Gasteiger partial charge in [0.2, 0.25) is 0 Å². The molecule has 0 bridgehead atoms. The van der Waals surface area contributed by atoms with Crippen molar-refractivity contribution < 1.29 is 0 Å². The van der Waals surface area contributed by atoms with Crippen LogP contribution < -0.4 is 5.32 Å². The maximum atomic E-state index is 6.24. The normalized spacial score (nSPS) is 14.3. The van der Waals surface area contributed by atoms with Crippen LogP contribution in [0.2, 0.25) is 5.02 Å². The zero-order valence-electron chi connectivity index (χ0n) is 11.6. The molecular weight excluding hydrogens is 274 g/mol. The molecule has 1 heterocycles. The fourth-order valence-corrected chi connectivity index (χ4v) is 3.45. The molecule has 19 heavy (non-hydrogen) atoms. The molecular formula is C16H20ClNS. The summed E-state index contributed by atoms with van der Waals surface area (Å²) in [6.07, 6.45) is 1.11. The van der Waals surface area contributed by atoms with E-state index in [1.54, 1.807) is 0 Å². The van der Waals surface area contributed by atoms with Crippen LogP contribution >= 0.6 is 22.9 Å². The van der Waals surface area contributed by atoms with Crippen molar-refractivity contribution in [1.29, 1.82) is 0 Å². The van der Waals surface area contributed by atoms with Gasteiger partial charge in [-0.1, -0.05) is 36.7 Å². The second kappa shape index (κ2) is 6.56. The van der Waals surface area contributed by atoms with Crippen LogP contribution in [0, 0.1) is 0 Å². The van der Waals surface area contributed by atoms with E-state index < -0.39 is 0 Å². The smallest absolute Gasteiger partial charge is 0.0453 e. The molecule has 3 heteroatoms. The van der Waals surface area contributed by atoms with E-state index in [9.17, 15) is 0 Å². The molecule has 0 amide bonds. The average molecular weight is 294 g/mol. The Labute approximate surface area is 124 Å². The molecule has 0 fully saturated rings. The van der Waals surface area contributed by atoms with Crippen LogP contribution in [0.3, 0.4) is 0 Å². The number of thiophene rings is 1. The molecule has 0 saturated carbocycles. The minimum Gasteiger partial charge on any atom is -0.303 e. The first-order chi connectivity index (χ1) is 9.11.